The van der Waals surface area contributed by atoms with Gasteiger partial charge in [0.2, 0.25) is 5.91 Å². The van der Waals surface area contributed by atoms with Crippen molar-refractivity contribution in [3.63, 3.8) is 0 Å². The second-order valence-corrected chi connectivity index (χ2v) is 5.21. The molecule has 1 amide bonds. The third-order valence-corrected chi connectivity index (χ3v) is 3.67. The lowest BCUT2D eigenvalue weighted by atomic mass is 10.1. The molecule has 0 spiro atoms. The lowest BCUT2D eigenvalue weighted by Gasteiger charge is -2.12. The number of rotatable bonds is 6. The number of methoxy groups -OCH3 is 1. The standard InChI is InChI=1S/C18H22N2O2/c1-13-7-6-9-16(14(13)2)20-18(21)12-19-11-15-8-4-5-10-17(15)22-3/h4-10,19H,11-12H2,1-3H3,(H,20,21). The Labute approximate surface area is 131 Å². The number of carbonyl (C=O) groups is 1. The lowest BCUT2D eigenvalue weighted by Crippen LogP contribution is -2.28. The van der Waals surface area contributed by atoms with Gasteiger partial charge in [0.15, 0.2) is 0 Å². The molecule has 0 unspecified atom stereocenters. The molecule has 2 aromatic carbocycles. The Kier molecular flexibility index (Phi) is 5.55. The van der Waals surface area contributed by atoms with Crippen molar-refractivity contribution in [2.24, 2.45) is 0 Å². The molecule has 0 bridgehead atoms. The minimum atomic E-state index is -0.0522. The van der Waals surface area contributed by atoms with Crippen LogP contribution in [0.1, 0.15) is 16.7 Å². The molecule has 2 rings (SSSR count). The number of carbonyl (C=O) groups excluding carboxylic acids is 1. The van der Waals surface area contributed by atoms with Crippen molar-refractivity contribution in [3.05, 3.63) is 59.2 Å². The molecule has 0 heterocycles. The molecule has 0 saturated heterocycles. The van der Waals surface area contributed by atoms with Gasteiger partial charge in [0, 0.05) is 17.8 Å². The highest BCUT2D eigenvalue weighted by molar-refractivity contribution is 5.93. The van der Waals surface area contributed by atoms with E-state index in [0.29, 0.717) is 6.54 Å². The first kappa shape index (κ1) is 16.0. The highest BCUT2D eigenvalue weighted by Crippen LogP contribution is 2.18. The summed E-state index contributed by atoms with van der Waals surface area (Å²) in [5.74, 6) is 0.772. The fourth-order valence-corrected chi connectivity index (χ4v) is 2.24. The summed E-state index contributed by atoms with van der Waals surface area (Å²) in [6.07, 6.45) is 0. The van der Waals surface area contributed by atoms with Gasteiger partial charge in [-0.05, 0) is 37.1 Å². The number of aryl methyl sites for hydroxylation is 1. The number of amides is 1. The van der Waals surface area contributed by atoms with Gasteiger partial charge in [-0.25, -0.2) is 0 Å². The van der Waals surface area contributed by atoms with Crippen LogP contribution in [-0.2, 0) is 11.3 Å². The summed E-state index contributed by atoms with van der Waals surface area (Å²) in [4.78, 5) is 12.0. The second-order valence-electron chi connectivity index (χ2n) is 5.21. The molecule has 2 N–H and O–H groups in total. The molecule has 0 radical (unpaired) electrons. The molecule has 0 fully saturated rings. The first-order valence-electron chi connectivity index (χ1n) is 7.30. The highest BCUT2D eigenvalue weighted by Gasteiger charge is 2.06. The van der Waals surface area contributed by atoms with Gasteiger partial charge >= 0.3 is 0 Å². The van der Waals surface area contributed by atoms with Crippen LogP contribution < -0.4 is 15.4 Å². The van der Waals surface area contributed by atoms with E-state index >= 15 is 0 Å². The predicted octanol–water partition coefficient (Wildman–Crippen LogP) is 3.04. The average molecular weight is 298 g/mol. The van der Waals surface area contributed by atoms with E-state index in [1.165, 1.54) is 5.56 Å². The van der Waals surface area contributed by atoms with Gasteiger partial charge in [0.25, 0.3) is 0 Å². The topological polar surface area (TPSA) is 50.4 Å². The summed E-state index contributed by atoms with van der Waals surface area (Å²) in [7, 11) is 1.64. The normalized spacial score (nSPS) is 10.3. The Morgan fingerprint density at radius 3 is 2.64 bits per heavy atom. The van der Waals surface area contributed by atoms with Crippen molar-refractivity contribution in [1.82, 2.24) is 5.32 Å². The van der Waals surface area contributed by atoms with Gasteiger partial charge in [-0.15, -0.1) is 0 Å². The Morgan fingerprint density at radius 1 is 1.09 bits per heavy atom. The Hall–Kier alpha value is -2.33. The fraction of sp³-hybridized carbons (Fsp3) is 0.278. The summed E-state index contributed by atoms with van der Waals surface area (Å²) in [6, 6.07) is 13.7. The molecule has 0 aliphatic rings. The monoisotopic (exact) mass is 298 g/mol. The molecule has 0 saturated carbocycles. The molecule has 0 aliphatic heterocycles. The zero-order chi connectivity index (χ0) is 15.9. The summed E-state index contributed by atoms with van der Waals surface area (Å²) >= 11 is 0. The molecule has 0 aromatic heterocycles. The van der Waals surface area contributed by atoms with E-state index in [9.17, 15) is 4.79 Å². The number of hydrogen-bond donors (Lipinski definition) is 2. The first-order valence-corrected chi connectivity index (χ1v) is 7.30. The molecule has 2 aromatic rings. The quantitative estimate of drug-likeness (QED) is 0.862. The van der Waals surface area contributed by atoms with Crippen molar-refractivity contribution in [2.75, 3.05) is 19.0 Å². The van der Waals surface area contributed by atoms with Crippen LogP contribution >= 0.6 is 0 Å². The summed E-state index contributed by atoms with van der Waals surface area (Å²) in [5.41, 5.74) is 4.16. The maximum absolute atomic E-state index is 12.0. The number of para-hydroxylation sites is 1. The van der Waals surface area contributed by atoms with Gasteiger partial charge < -0.3 is 15.4 Å². The smallest absolute Gasteiger partial charge is 0.238 e. The van der Waals surface area contributed by atoms with Crippen LogP contribution in [0.3, 0.4) is 0 Å². The second kappa shape index (κ2) is 7.61. The average Bonchev–Trinajstić information content (AvgIpc) is 2.52. The molecule has 4 nitrogen and oxygen atoms in total. The number of nitrogens with one attached hydrogen (secondary N) is 2. The summed E-state index contributed by atoms with van der Waals surface area (Å²) < 4.78 is 5.29. The van der Waals surface area contributed by atoms with Crippen molar-refractivity contribution >= 4 is 11.6 Å². The van der Waals surface area contributed by atoms with Crippen molar-refractivity contribution in [1.29, 1.82) is 0 Å². The summed E-state index contributed by atoms with van der Waals surface area (Å²) in [6.45, 7) is 4.88. The molecule has 0 atom stereocenters. The van der Waals surface area contributed by atoms with Crippen molar-refractivity contribution < 1.29 is 9.53 Å². The molecular weight excluding hydrogens is 276 g/mol. The van der Waals surface area contributed by atoms with Crippen molar-refractivity contribution in [2.45, 2.75) is 20.4 Å². The Bertz CT molecular complexity index is 653. The van der Waals surface area contributed by atoms with Crippen LogP contribution in [0.15, 0.2) is 42.5 Å². The van der Waals surface area contributed by atoms with Crippen LogP contribution in [0.25, 0.3) is 0 Å². The Morgan fingerprint density at radius 2 is 1.86 bits per heavy atom. The van der Waals surface area contributed by atoms with Crippen LogP contribution in [-0.4, -0.2) is 19.6 Å². The van der Waals surface area contributed by atoms with Crippen LogP contribution in [0, 0.1) is 13.8 Å². The largest absolute Gasteiger partial charge is 0.496 e. The molecule has 22 heavy (non-hydrogen) atoms. The van der Waals surface area contributed by atoms with E-state index in [-0.39, 0.29) is 12.5 Å². The number of anilines is 1. The number of hydrogen-bond acceptors (Lipinski definition) is 3. The number of benzene rings is 2. The molecular formula is C18H22N2O2. The SMILES string of the molecule is COc1ccccc1CNCC(=O)Nc1cccc(C)c1C. The van der Waals surface area contributed by atoms with E-state index in [2.05, 4.69) is 10.6 Å². The molecule has 116 valence electrons. The fourth-order valence-electron chi connectivity index (χ4n) is 2.24. The predicted molar refractivity (Wildman–Crippen MR) is 89.2 cm³/mol. The van der Waals surface area contributed by atoms with E-state index in [4.69, 9.17) is 4.74 Å². The maximum atomic E-state index is 12.0. The van der Waals surface area contributed by atoms with E-state index < -0.39 is 0 Å². The van der Waals surface area contributed by atoms with Crippen LogP contribution in [0.2, 0.25) is 0 Å². The van der Waals surface area contributed by atoms with Gasteiger partial charge in [-0.2, -0.15) is 0 Å². The van der Waals surface area contributed by atoms with Gasteiger partial charge in [-0.3, -0.25) is 4.79 Å². The molecule has 4 heteroatoms. The zero-order valence-corrected chi connectivity index (χ0v) is 13.3. The van der Waals surface area contributed by atoms with Crippen LogP contribution in [0.5, 0.6) is 5.75 Å². The van der Waals surface area contributed by atoms with Gasteiger partial charge in [-0.1, -0.05) is 30.3 Å². The number of ether oxygens (including phenoxy) is 1. The zero-order valence-electron chi connectivity index (χ0n) is 13.3. The minimum absolute atomic E-state index is 0.0522. The third-order valence-electron chi connectivity index (χ3n) is 3.67. The Balaban J connectivity index is 1.87. The highest BCUT2D eigenvalue weighted by atomic mass is 16.5. The molecule has 0 aliphatic carbocycles. The van der Waals surface area contributed by atoms with Gasteiger partial charge in [0.05, 0.1) is 13.7 Å². The maximum Gasteiger partial charge on any atom is 0.238 e. The first-order chi connectivity index (χ1) is 10.6. The van der Waals surface area contributed by atoms with E-state index in [0.717, 1.165) is 22.6 Å². The van der Waals surface area contributed by atoms with Crippen molar-refractivity contribution in [3.8, 4) is 5.75 Å². The lowest BCUT2D eigenvalue weighted by molar-refractivity contribution is -0.115. The minimum Gasteiger partial charge on any atom is -0.496 e. The summed E-state index contributed by atoms with van der Waals surface area (Å²) in [5, 5.41) is 6.07. The van der Waals surface area contributed by atoms with E-state index in [1.54, 1.807) is 7.11 Å². The van der Waals surface area contributed by atoms with Crippen LogP contribution in [0.4, 0.5) is 5.69 Å². The van der Waals surface area contributed by atoms with Gasteiger partial charge in [0.1, 0.15) is 5.75 Å². The third kappa shape index (κ3) is 4.09. The van der Waals surface area contributed by atoms with E-state index in [1.807, 2.05) is 56.3 Å².